The van der Waals surface area contributed by atoms with Gasteiger partial charge in [0.15, 0.2) is 17.3 Å². The lowest BCUT2D eigenvalue weighted by molar-refractivity contribution is 0.0959. The van der Waals surface area contributed by atoms with Gasteiger partial charge in [0.1, 0.15) is 11.4 Å². The van der Waals surface area contributed by atoms with Crippen LogP contribution in [0.25, 0.3) is 11.0 Å². The van der Waals surface area contributed by atoms with Crippen molar-refractivity contribution in [1.82, 2.24) is 4.98 Å². The maximum atomic E-state index is 13.6. The Kier molecular flexibility index (Phi) is 5.62. The summed E-state index contributed by atoms with van der Waals surface area (Å²) >= 11 is 0. The van der Waals surface area contributed by atoms with Crippen LogP contribution >= 0.6 is 0 Å². The molecule has 2 aromatic carbocycles. The summed E-state index contributed by atoms with van der Waals surface area (Å²) in [5, 5.41) is 0.940. The third-order valence-electron chi connectivity index (χ3n) is 5.25. The minimum atomic E-state index is -0.250. The van der Waals surface area contributed by atoms with Crippen molar-refractivity contribution >= 4 is 22.7 Å². The van der Waals surface area contributed by atoms with Gasteiger partial charge in [-0.05, 0) is 55.8 Å². The number of carbonyl (C=O) groups is 1. The van der Waals surface area contributed by atoms with E-state index in [1.807, 2.05) is 62.4 Å². The first-order valence-electron chi connectivity index (χ1n) is 9.95. The summed E-state index contributed by atoms with van der Waals surface area (Å²) < 4.78 is 16.7. The van der Waals surface area contributed by atoms with Gasteiger partial charge in [0.05, 0.1) is 20.8 Å². The Balaban J connectivity index is 1.76. The molecular weight excluding hydrogens is 392 g/mol. The van der Waals surface area contributed by atoms with Crippen LogP contribution in [0.15, 0.2) is 65.2 Å². The Hall–Kier alpha value is -3.80. The third-order valence-corrected chi connectivity index (χ3v) is 5.25. The van der Waals surface area contributed by atoms with Gasteiger partial charge < -0.3 is 13.9 Å². The Morgan fingerprint density at radius 2 is 1.81 bits per heavy atom. The Morgan fingerprint density at radius 3 is 2.52 bits per heavy atom. The highest BCUT2D eigenvalue weighted by Gasteiger charge is 2.26. The Labute approximate surface area is 181 Å². The number of fused-ring (bicyclic) bond motifs is 1. The second-order valence-corrected chi connectivity index (χ2v) is 7.32. The molecule has 0 radical (unpaired) electrons. The molecule has 0 atom stereocenters. The van der Waals surface area contributed by atoms with Crippen LogP contribution in [0.1, 0.15) is 27.2 Å². The number of benzene rings is 2. The van der Waals surface area contributed by atoms with Crippen molar-refractivity contribution in [2.45, 2.75) is 20.4 Å². The van der Waals surface area contributed by atoms with Crippen molar-refractivity contribution in [3.63, 3.8) is 0 Å². The quantitative estimate of drug-likeness (QED) is 0.426. The number of pyridine rings is 1. The van der Waals surface area contributed by atoms with Crippen LogP contribution in [0, 0.1) is 13.8 Å². The molecule has 31 heavy (non-hydrogen) atoms. The normalized spacial score (nSPS) is 10.8. The summed E-state index contributed by atoms with van der Waals surface area (Å²) in [6, 6.07) is 17.0. The SMILES string of the molecule is COc1ccc(CN(C(=O)c2oc3ccc(C)cc3c2C)c2ccccn2)cc1OC. The van der Waals surface area contributed by atoms with E-state index in [0.717, 1.165) is 22.1 Å². The fraction of sp³-hybridized carbons (Fsp3) is 0.200. The molecular formula is C25H24N2O4. The Bertz CT molecular complexity index is 1230. The molecule has 0 bridgehead atoms. The van der Waals surface area contributed by atoms with Crippen molar-refractivity contribution in [2.75, 3.05) is 19.1 Å². The number of aryl methyl sites for hydroxylation is 2. The first kappa shape index (κ1) is 20.5. The zero-order chi connectivity index (χ0) is 22.0. The second kappa shape index (κ2) is 8.52. The molecule has 2 heterocycles. The van der Waals surface area contributed by atoms with Crippen LogP contribution in [0.3, 0.4) is 0 Å². The molecule has 0 aliphatic rings. The highest BCUT2D eigenvalue weighted by molar-refractivity contribution is 6.07. The van der Waals surface area contributed by atoms with E-state index in [0.29, 0.717) is 35.2 Å². The number of carbonyl (C=O) groups excluding carboxylic acids is 1. The fourth-order valence-corrected chi connectivity index (χ4v) is 3.59. The lowest BCUT2D eigenvalue weighted by atomic mass is 10.1. The Morgan fingerprint density at radius 1 is 1.00 bits per heavy atom. The van der Waals surface area contributed by atoms with E-state index in [4.69, 9.17) is 13.9 Å². The van der Waals surface area contributed by atoms with E-state index in [1.165, 1.54) is 0 Å². The molecule has 0 fully saturated rings. The maximum Gasteiger partial charge on any atom is 0.295 e. The molecule has 2 aromatic heterocycles. The number of furan rings is 1. The highest BCUT2D eigenvalue weighted by atomic mass is 16.5. The molecule has 0 saturated carbocycles. The van der Waals surface area contributed by atoms with Crippen molar-refractivity contribution in [2.24, 2.45) is 0 Å². The van der Waals surface area contributed by atoms with Gasteiger partial charge in [-0.1, -0.05) is 23.8 Å². The average molecular weight is 416 g/mol. The monoisotopic (exact) mass is 416 g/mol. The van der Waals surface area contributed by atoms with Gasteiger partial charge in [0.25, 0.3) is 5.91 Å². The van der Waals surface area contributed by atoms with Gasteiger partial charge in [0.2, 0.25) is 0 Å². The lowest BCUT2D eigenvalue weighted by Crippen LogP contribution is -2.31. The summed E-state index contributed by atoms with van der Waals surface area (Å²) in [4.78, 5) is 19.7. The van der Waals surface area contributed by atoms with Crippen molar-refractivity contribution in [1.29, 1.82) is 0 Å². The molecule has 0 aliphatic carbocycles. The first-order chi connectivity index (χ1) is 15.0. The van der Waals surface area contributed by atoms with Crippen molar-refractivity contribution in [3.05, 3.63) is 83.2 Å². The fourth-order valence-electron chi connectivity index (χ4n) is 3.59. The van der Waals surface area contributed by atoms with Crippen LogP contribution in [-0.2, 0) is 6.54 Å². The van der Waals surface area contributed by atoms with Crippen LogP contribution in [-0.4, -0.2) is 25.1 Å². The van der Waals surface area contributed by atoms with Gasteiger partial charge in [-0.25, -0.2) is 4.98 Å². The van der Waals surface area contributed by atoms with Crippen LogP contribution < -0.4 is 14.4 Å². The number of hydrogen-bond donors (Lipinski definition) is 0. The zero-order valence-electron chi connectivity index (χ0n) is 18.0. The summed E-state index contributed by atoms with van der Waals surface area (Å²) in [6.07, 6.45) is 1.67. The minimum Gasteiger partial charge on any atom is -0.493 e. The molecule has 158 valence electrons. The molecule has 0 unspecified atom stereocenters. The van der Waals surface area contributed by atoms with Crippen molar-refractivity contribution in [3.8, 4) is 11.5 Å². The highest BCUT2D eigenvalue weighted by Crippen LogP contribution is 2.31. The average Bonchev–Trinajstić information content (AvgIpc) is 3.13. The van der Waals surface area contributed by atoms with Gasteiger partial charge in [0, 0.05) is 17.1 Å². The third kappa shape index (κ3) is 3.97. The van der Waals surface area contributed by atoms with Gasteiger partial charge in [-0.2, -0.15) is 0 Å². The summed E-state index contributed by atoms with van der Waals surface area (Å²) in [6.45, 7) is 4.22. The first-order valence-corrected chi connectivity index (χ1v) is 9.95. The molecule has 0 N–H and O–H groups in total. The number of nitrogens with zero attached hydrogens (tertiary/aromatic N) is 2. The van der Waals surface area contributed by atoms with E-state index in [2.05, 4.69) is 4.98 Å². The van der Waals surface area contributed by atoms with Crippen molar-refractivity contribution < 1.29 is 18.7 Å². The van der Waals surface area contributed by atoms with E-state index >= 15 is 0 Å². The number of anilines is 1. The van der Waals surface area contributed by atoms with Gasteiger partial charge in [-0.3, -0.25) is 9.69 Å². The number of aromatic nitrogens is 1. The van der Waals surface area contributed by atoms with Gasteiger partial charge >= 0.3 is 0 Å². The number of methoxy groups -OCH3 is 2. The van der Waals surface area contributed by atoms with Crippen LogP contribution in [0.4, 0.5) is 5.82 Å². The summed E-state index contributed by atoms with van der Waals surface area (Å²) in [5.74, 6) is 1.83. The van der Waals surface area contributed by atoms with E-state index < -0.39 is 0 Å². The molecule has 6 nitrogen and oxygen atoms in total. The number of rotatable bonds is 6. The van der Waals surface area contributed by atoms with Gasteiger partial charge in [-0.15, -0.1) is 0 Å². The van der Waals surface area contributed by atoms with E-state index in [1.54, 1.807) is 31.4 Å². The molecule has 0 saturated heterocycles. The molecule has 4 aromatic rings. The topological polar surface area (TPSA) is 64.8 Å². The predicted molar refractivity (Wildman–Crippen MR) is 120 cm³/mol. The molecule has 1 amide bonds. The molecule has 0 aliphatic heterocycles. The van der Waals surface area contributed by atoms with Crippen LogP contribution in [0.5, 0.6) is 11.5 Å². The lowest BCUT2D eigenvalue weighted by Gasteiger charge is -2.21. The smallest absolute Gasteiger partial charge is 0.295 e. The minimum absolute atomic E-state index is 0.250. The summed E-state index contributed by atoms with van der Waals surface area (Å²) in [5.41, 5.74) is 3.50. The summed E-state index contributed by atoms with van der Waals surface area (Å²) in [7, 11) is 3.18. The molecule has 6 heteroatoms. The second-order valence-electron chi connectivity index (χ2n) is 7.32. The predicted octanol–water partition coefficient (Wildman–Crippen LogP) is 5.31. The largest absolute Gasteiger partial charge is 0.493 e. The molecule has 0 spiro atoms. The zero-order valence-corrected chi connectivity index (χ0v) is 18.0. The number of hydrogen-bond acceptors (Lipinski definition) is 5. The number of ether oxygens (including phenoxy) is 2. The van der Waals surface area contributed by atoms with E-state index in [9.17, 15) is 4.79 Å². The standard InChI is InChI=1S/C25H24N2O4/c1-16-8-10-20-19(13-16)17(2)24(31-20)25(28)27(23-7-5-6-12-26-23)15-18-9-11-21(29-3)22(14-18)30-4/h5-14H,15H2,1-4H3. The van der Waals surface area contributed by atoms with E-state index in [-0.39, 0.29) is 5.91 Å². The maximum absolute atomic E-state index is 13.6. The number of amides is 1. The van der Waals surface area contributed by atoms with Crippen LogP contribution in [0.2, 0.25) is 0 Å². The molecule has 4 rings (SSSR count).